The largest absolute Gasteiger partial charge is 0.470 e. The number of nitro groups is 1. The van der Waals surface area contributed by atoms with Gasteiger partial charge in [0.1, 0.15) is 5.75 Å². The molecule has 0 saturated heterocycles. The number of halogens is 1. The van der Waals surface area contributed by atoms with E-state index in [-0.39, 0.29) is 28.9 Å². The van der Waals surface area contributed by atoms with Gasteiger partial charge in [-0.2, -0.15) is 10.2 Å². The lowest BCUT2D eigenvalue weighted by atomic mass is 10.1. The Kier molecular flexibility index (Phi) is 6.36. The maximum absolute atomic E-state index is 12.5. The molecule has 2 heterocycles. The molecule has 2 aromatic carbocycles. The van der Waals surface area contributed by atoms with Crippen LogP contribution in [0.5, 0.6) is 5.75 Å². The molecule has 11 heteroatoms. The predicted octanol–water partition coefficient (Wildman–Crippen LogP) is 4.29. The lowest BCUT2D eigenvalue weighted by Gasteiger charge is -2.07. The average Bonchev–Trinajstić information content (AvgIpc) is 3.44. The van der Waals surface area contributed by atoms with E-state index in [2.05, 4.69) is 15.5 Å². The number of rotatable bonds is 8. The molecule has 0 aliphatic carbocycles. The zero-order chi connectivity index (χ0) is 23.4. The van der Waals surface area contributed by atoms with Gasteiger partial charge in [0.05, 0.1) is 28.4 Å². The number of hydrogen-bond acceptors (Lipinski definition) is 6. The van der Waals surface area contributed by atoms with Crippen molar-refractivity contribution in [2.75, 3.05) is 5.32 Å². The first kappa shape index (κ1) is 22.0. The molecule has 0 aliphatic heterocycles. The van der Waals surface area contributed by atoms with E-state index in [1.54, 1.807) is 29.3 Å². The number of anilines is 1. The van der Waals surface area contributed by atoms with Gasteiger partial charge in [0.15, 0.2) is 12.4 Å². The number of carbonyl (C=O) groups is 1. The van der Waals surface area contributed by atoms with Crippen LogP contribution in [0, 0.1) is 17.0 Å². The number of nitrogens with zero attached hydrogens (tertiary/aromatic N) is 5. The van der Waals surface area contributed by atoms with Crippen molar-refractivity contribution >= 4 is 28.9 Å². The summed E-state index contributed by atoms with van der Waals surface area (Å²) < 4.78 is 8.70. The van der Waals surface area contributed by atoms with Crippen LogP contribution in [0.1, 0.15) is 21.6 Å². The molecule has 0 aliphatic rings. The number of non-ortho nitro benzene ring substituents is 1. The molecule has 168 valence electrons. The molecule has 0 unspecified atom stereocenters. The second-order valence-corrected chi connectivity index (χ2v) is 7.60. The summed E-state index contributed by atoms with van der Waals surface area (Å²) in [6.45, 7) is 2.61. The third-order valence-electron chi connectivity index (χ3n) is 4.84. The summed E-state index contributed by atoms with van der Waals surface area (Å²) in [4.78, 5) is 22.8. The van der Waals surface area contributed by atoms with E-state index in [0.717, 1.165) is 5.56 Å². The van der Waals surface area contributed by atoms with Crippen molar-refractivity contribution in [1.82, 2.24) is 19.6 Å². The van der Waals surface area contributed by atoms with E-state index in [9.17, 15) is 14.9 Å². The van der Waals surface area contributed by atoms with Gasteiger partial charge < -0.3 is 10.1 Å². The molecule has 1 N–H and O–H groups in total. The highest BCUT2D eigenvalue weighted by Gasteiger charge is 2.13. The summed E-state index contributed by atoms with van der Waals surface area (Å²) in [6, 6.07) is 13.5. The fraction of sp³-hybridized carbons (Fsp3) is 0.136. The highest BCUT2D eigenvalue weighted by atomic mass is 35.5. The molecule has 10 nitrogen and oxygen atoms in total. The number of ether oxygens (including phenoxy) is 1. The van der Waals surface area contributed by atoms with Crippen LogP contribution in [-0.2, 0) is 13.3 Å². The van der Waals surface area contributed by atoms with E-state index in [4.69, 9.17) is 16.3 Å². The zero-order valence-electron chi connectivity index (χ0n) is 17.5. The Labute approximate surface area is 193 Å². The molecular weight excluding hydrogens is 448 g/mol. The standard InChI is InChI=1S/C22H19ClN6O4/c1-15-4-2-3-5-16(15)12-28-13-17(11-24-28)25-22(30)20-8-9-27(26-20)14-33-21-7-6-18(29(31)32)10-19(21)23/h2-11,13H,12,14H2,1H3,(H,25,30). The van der Waals surface area contributed by atoms with Crippen molar-refractivity contribution in [2.24, 2.45) is 0 Å². The van der Waals surface area contributed by atoms with Crippen molar-refractivity contribution in [3.8, 4) is 5.75 Å². The van der Waals surface area contributed by atoms with Gasteiger partial charge in [-0.25, -0.2) is 4.68 Å². The first-order valence-electron chi connectivity index (χ1n) is 9.87. The maximum Gasteiger partial charge on any atom is 0.276 e. The van der Waals surface area contributed by atoms with E-state index in [0.29, 0.717) is 12.2 Å². The van der Waals surface area contributed by atoms with E-state index in [1.807, 2.05) is 31.2 Å². The molecule has 0 spiro atoms. The Morgan fingerprint density at radius 3 is 2.79 bits per heavy atom. The van der Waals surface area contributed by atoms with Crippen molar-refractivity contribution in [1.29, 1.82) is 0 Å². The fourth-order valence-corrected chi connectivity index (χ4v) is 3.31. The van der Waals surface area contributed by atoms with Crippen molar-refractivity contribution < 1.29 is 14.5 Å². The summed E-state index contributed by atoms with van der Waals surface area (Å²) in [5, 5.41) is 22.1. The van der Waals surface area contributed by atoms with Crippen LogP contribution >= 0.6 is 11.6 Å². The highest BCUT2D eigenvalue weighted by molar-refractivity contribution is 6.32. The lowest BCUT2D eigenvalue weighted by molar-refractivity contribution is -0.384. The number of carbonyl (C=O) groups excluding carboxylic acids is 1. The Morgan fingerprint density at radius 2 is 2.03 bits per heavy atom. The van der Waals surface area contributed by atoms with Crippen molar-refractivity contribution in [3.63, 3.8) is 0 Å². The minimum Gasteiger partial charge on any atom is -0.470 e. The number of benzene rings is 2. The Bertz CT molecular complexity index is 1320. The number of hydrogen-bond donors (Lipinski definition) is 1. The monoisotopic (exact) mass is 466 g/mol. The number of amides is 1. The summed E-state index contributed by atoms with van der Waals surface area (Å²) in [5.74, 6) is -0.123. The van der Waals surface area contributed by atoms with Gasteiger partial charge in [-0.05, 0) is 30.2 Å². The summed E-state index contributed by atoms with van der Waals surface area (Å²) in [5.41, 5.74) is 2.93. The molecule has 0 fully saturated rings. The Balaban J connectivity index is 1.34. The summed E-state index contributed by atoms with van der Waals surface area (Å²) in [6.07, 6.45) is 4.91. The Morgan fingerprint density at radius 1 is 1.21 bits per heavy atom. The van der Waals surface area contributed by atoms with E-state index in [1.165, 1.54) is 28.4 Å². The topological polar surface area (TPSA) is 117 Å². The molecule has 0 bridgehead atoms. The van der Waals surface area contributed by atoms with Gasteiger partial charge in [0, 0.05) is 24.5 Å². The SMILES string of the molecule is Cc1ccccc1Cn1cc(NC(=O)c2ccn(COc3ccc([N+](=O)[O-])cc3Cl)n2)cn1. The third kappa shape index (κ3) is 5.36. The molecular formula is C22H19ClN6O4. The minimum atomic E-state index is -0.541. The van der Waals surface area contributed by atoms with Crippen LogP contribution in [-0.4, -0.2) is 30.4 Å². The molecule has 4 rings (SSSR count). The van der Waals surface area contributed by atoms with Gasteiger partial charge in [-0.15, -0.1) is 0 Å². The van der Waals surface area contributed by atoms with Crippen molar-refractivity contribution in [3.05, 3.63) is 99.1 Å². The molecule has 4 aromatic rings. The van der Waals surface area contributed by atoms with Gasteiger partial charge in [0.2, 0.25) is 0 Å². The van der Waals surface area contributed by atoms with Crippen LogP contribution < -0.4 is 10.1 Å². The molecule has 2 aromatic heterocycles. The lowest BCUT2D eigenvalue weighted by Crippen LogP contribution is -2.14. The van der Waals surface area contributed by atoms with Crippen LogP contribution in [0.2, 0.25) is 5.02 Å². The van der Waals surface area contributed by atoms with Gasteiger partial charge in [-0.3, -0.25) is 19.6 Å². The number of nitrogens with one attached hydrogen (secondary N) is 1. The van der Waals surface area contributed by atoms with Gasteiger partial charge in [0.25, 0.3) is 11.6 Å². The van der Waals surface area contributed by atoms with Crippen LogP contribution in [0.25, 0.3) is 0 Å². The van der Waals surface area contributed by atoms with Gasteiger partial charge in [-0.1, -0.05) is 35.9 Å². The number of aromatic nitrogens is 4. The number of aryl methyl sites for hydroxylation is 1. The third-order valence-corrected chi connectivity index (χ3v) is 5.13. The minimum absolute atomic E-state index is 0.0286. The summed E-state index contributed by atoms with van der Waals surface area (Å²) >= 11 is 6.02. The molecule has 0 radical (unpaired) electrons. The first-order valence-corrected chi connectivity index (χ1v) is 10.3. The smallest absolute Gasteiger partial charge is 0.276 e. The maximum atomic E-state index is 12.5. The highest BCUT2D eigenvalue weighted by Crippen LogP contribution is 2.28. The molecule has 33 heavy (non-hydrogen) atoms. The average molecular weight is 467 g/mol. The predicted molar refractivity (Wildman–Crippen MR) is 121 cm³/mol. The second kappa shape index (κ2) is 9.53. The molecule has 1 amide bonds. The van der Waals surface area contributed by atoms with Crippen LogP contribution in [0.15, 0.2) is 67.1 Å². The summed E-state index contributed by atoms with van der Waals surface area (Å²) in [7, 11) is 0. The first-order chi connectivity index (χ1) is 15.9. The molecule has 0 atom stereocenters. The van der Waals surface area contributed by atoms with E-state index >= 15 is 0 Å². The molecule has 0 saturated carbocycles. The normalized spacial score (nSPS) is 10.7. The second-order valence-electron chi connectivity index (χ2n) is 7.19. The quantitative estimate of drug-likeness (QED) is 0.306. The van der Waals surface area contributed by atoms with Crippen molar-refractivity contribution in [2.45, 2.75) is 20.2 Å². The fourth-order valence-electron chi connectivity index (χ4n) is 3.08. The van der Waals surface area contributed by atoms with Crippen LogP contribution in [0.4, 0.5) is 11.4 Å². The van der Waals surface area contributed by atoms with Crippen LogP contribution in [0.3, 0.4) is 0 Å². The van der Waals surface area contributed by atoms with Gasteiger partial charge >= 0.3 is 0 Å². The van der Waals surface area contributed by atoms with E-state index < -0.39 is 10.8 Å². The number of nitro benzene ring substituents is 1. The zero-order valence-corrected chi connectivity index (χ0v) is 18.3. The Hall–Kier alpha value is -4.18.